The van der Waals surface area contributed by atoms with Crippen LogP contribution in [0.2, 0.25) is 0 Å². The van der Waals surface area contributed by atoms with Gasteiger partial charge in [-0.15, -0.1) is 11.3 Å². The summed E-state index contributed by atoms with van der Waals surface area (Å²) >= 11 is 2.73. The van der Waals surface area contributed by atoms with Crippen molar-refractivity contribution in [2.45, 2.75) is 55.1 Å². The molecule has 0 aliphatic heterocycles. The van der Waals surface area contributed by atoms with Crippen LogP contribution in [0.15, 0.2) is 87.7 Å². The van der Waals surface area contributed by atoms with Crippen molar-refractivity contribution in [3.05, 3.63) is 83.3 Å². The highest BCUT2D eigenvalue weighted by atomic mass is 32.2. The lowest BCUT2D eigenvalue weighted by Gasteiger charge is -2.22. The normalized spacial score (nSPS) is 19.1. The number of carbonyl (C=O) groups excluding carboxylic acids is 1. The Kier molecular flexibility index (Phi) is 11.0. The zero-order valence-corrected chi connectivity index (χ0v) is 24.1. The van der Waals surface area contributed by atoms with Gasteiger partial charge in [-0.25, -0.2) is 4.98 Å². The van der Waals surface area contributed by atoms with E-state index < -0.39 is 11.7 Å². The number of unbranched alkanes of at least 4 members (excludes halogenated alkanes) is 1. The molecule has 0 spiro atoms. The second-order valence-electron chi connectivity index (χ2n) is 9.42. The number of ketones is 1. The van der Waals surface area contributed by atoms with E-state index in [0.29, 0.717) is 54.6 Å². The SMILES string of the molecule is CCOc1ccc2nc(SC3=CC(O)(CCCCOc4ccccc4)/C(=C\C=C\C(O)CCCO)C3=O)sc2c1. The molecule has 7 nitrogen and oxygen atoms in total. The van der Waals surface area contributed by atoms with Crippen molar-refractivity contribution in [3.63, 3.8) is 0 Å². The van der Waals surface area contributed by atoms with Crippen molar-refractivity contribution in [1.82, 2.24) is 4.98 Å². The molecule has 2 aromatic carbocycles. The number of allylic oxidation sites excluding steroid dienone is 3. The second-order valence-corrected chi connectivity index (χ2v) is 11.7. The minimum absolute atomic E-state index is 0.00141. The molecule has 1 aliphatic carbocycles. The molecule has 0 radical (unpaired) electrons. The number of thioether (sulfide) groups is 1. The first-order valence-corrected chi connectivity index (χ1v) is 15.1. The van der Waals surface area contributed by atoms with Gasteiger partial charge in [-0.3, -0.25) is 4.79 Å². The van der Waals surface area contributed by atoms with Crippen LogP contribution in [0.1, 0.15) is 39.0 Å². The maximum atomic E-state index is 13.5. The third-order valence-corrected chi connectivity index (χ3v) is 8.47. The number of Topliss-reactive ketones (excluding diaryl/α,β-unsaturated/α-hetero) is 1. The fraction of sp³-hybridized carbons (Fsp3) is 0.355. The molecule has 3 aromatic rings. The van der Waals surface area contributed by atoms with Gasteiger partial charge in [0.15, 0.2) is 10.1 Å². The summed E-state index contributed by atoms with van der Waals surface area (Å²) in [5, 5.41) is 30.7. The maximum absolute atomic E-state index is 13.5. The van der Waals surface area contributed by atoms with Crippen molar-refractivity contribution in [1.29, 1.82) is 0 Å². The Hall–Kier alpha value is -2.95. The smallest absolute Gasteiger partial charge is 0.198 e. The number of aliphatic hydroxyl groups is 3. The number of thiazole rings is 1. The van der Waals surface area contributed by atoms with Gasteiger partial charge >= 0.3 is 0 Å². The molecule has 212 valence electrons. The average molecular weight is 582 g/mol. The average Bonchev–Trinajstić information content (AvgIpc) is 3.45. The van der Waals surface area contributed by atoms with E-state index in [4.69, 9.17) is 14.6 Å². The van der Waals surface area contributed by atoms with Crippen LogP contribution in [0.3, 0.4) is 0 Å². The minimum Gasteiger partial charge on any atom is -0.494 e. The third-order valence-electron chi connectivity index (χ3n) is 6.37. The predicted octanol–water partition coefficient (Wildman–Crippen LogP) is 5.85. The maximum Gasteiger partial charge on any atom is 0.198 e. The number of fused-ring (bicyclic) bond motifs is 1. The summed E-state index contributed by atoms with van der Waals surface area (Å²) in [6, 6.07) is 15.3. The van der Waals surface area contributed by atoms with Crippen molar-refractivity contribution in [2.75, 3.05) is 19.8 Å². The van der Waals surface area contributed by atoms with Crippen molar-refractivity contribution in [3.8, 4) is 11.5 Å². The van der Waals surface area contributed by atoms with E-state index in [1.807, 2.05) is 55.5 Å². The zero-order valence-electron chi connectivity index (χ0n) is 22.5. The number of aliphatic hydroxyl groups excluding tert-OH is 2. The Labute approximate surface area is 242 Å². The molecule has 0 amide bonds. The van der Waals surface area contributed by atoms with Gasteiger partial charge in [0.05, 0.1) is 34.4 Å². The Morgan fingerprint density at radius 2 is 1.93 bits per heavy atom. The second kappa shape index (κ2) is 14.6. The summed E-state index contributed by atoms with van der Waals surface area (Å²) in [6.45, 7) is 3.02. The van der Waals surface area contributed by atoms with Crippen molar-refractivity contribution >= 4 is 39.1 Å². The molecule has 0 bridgehead atoms. The molecule has 1 heterocycles. The van der Waals surface area contributed by atoms with E-state index >= 15 is 0 Å². The number of para-hydroxylation sites is 1. The van der Waals surface area contributed by atoms with Gasteiger partial charge in [-0.2, -0.15) is 0 Å². The molecule has 2 unspecified atom stereocenters. The fourth-order valence-electron chi connectivity index (χ4n) is 4.35. The van der Waals surface area contributed by atoms with Crippen LogP contribution in [0.5, 0.6) is 11.5 Å². The van der Waals surface area contributed by atoms with Crippen LogP contribution >= 0.6 is 23.1 Å². The van der Waals surface area contributed by atoms with E-state index in [0.717, 1.165) is 21.7 Å². The standard InChI is InChI=1S/C31H35NO6S2/c1-2-37-24-15-16-26-27(20-24)39-30(32-26)40-28-21-31(36,17-6-7-19-38-23-12-4-3-5-13-23)25(29(28)35)14-8-10-22(34)11-9-18-33/h3-5,8,10,12-16,20-22,33-34,36H,2,6-7,9,11,17-19H2,1H3/b10-8+,25-14-. The Morgan fingerprint density at radius 1 is 1.10 bits per heavy atom. The van der Waals surface area contributed by atoms with Gasteiger partial charge in [0.2, 0.25) is 0 Å². The summed E-state index contributed by atoms with van der Waals surface area (Å²) in [7, 11) is 0. The van der Waals surface area contributed by atoms with Gasteiger partial charge in [0.1, 0.15) is 17.1 Å². The Bertz CT molecular complexity index is 1370. The molecule has 9 heteroatoms. The molecular weight excluding hydrogens is 546 g/mol. The molecule has 0 fully saturated rings. The molecular formula is C31H35NO6S2. The monoisotopic (exact) mass is 581 g/mol. The van der Waals surface area contributed by atoms with E-state index in [9.17, 15) is 15.0 Å². The quantitative estimate of drug-likeness (QED) is 0.152. The molecule has 1 aromatic heterocycles. The number of benzene rings is 2. The van der Waals surface area contributed by atoms with E-state index in [1.54, 1.807) is 24.3 Å². The first-order valence-electron chi connectivity index (χ1n) is 13.5. The highest BCUT2D eigenvalue weighted by Gasteiger charge is 2.41. The van der Waals surface area contributed by atoms with Gasteiger partial charge in [-0.05, 0) is 75.4 Å². The fourth-order valence-corrected chi connectivity index (χ4v) is 6.57. The third kappa shape index (κ3) is 8.05. The number of ether oxygens (including phenoxy) is 2. The van der Waals surface area contributed by atoms with Crippen LogP contribution in [0.25, 0.3) is 10.2 Å². The van der Waals surface area contributed by atoms with Gasteiger partial charge in [-0.1, -0.05) is 48.2 Å². The number of aromatic nitrogens is 1. The van der Waals surface area contributed by atoms with Crippen molar-refractivity contribution < 1.29 is 29.6 Å². The Morgan fingerprint density at radius 3 is 2.70 bits per heavy atom. The summed E-state index contributed by atoms with van der Waals surface area (Å²) in [6.07, 6.45) is 8.26. The molecule has 0 saturated carbocycles. The molecule has 1 aliphatic rings. The summed E-state index contributed by atoms with van der Waals surface area (Å²) in [5.41, 5.74) is -0.346. The zero-order chi connectivity index (χ0) is 28.4. The van der Waals surface area contributed by atoms with E-state index in [2.05, 4.69) is 4.98 Å². The predicted molar refractivity (Wildman–Crippen MR) is 160 cm³/mol. The molecule has 40 heavy (non-hydrogen) atoms. The first-order chi connectivity index (χ1) is 19.4. The number of hydrogen-bond donors (Lipinski definition) is 3. The largest absolute Gasteiger partial charge is 0.494 e. The number of rotatable bonds is 15. The lowest BCUT2D eigenvalue weighted by Crippen LogP contribution is -2.28. The lowest BCUT2D eigenvalue weighted by molar-refractivity contribution is -0.112. The topological polar surface area (TPSA) is 109 Å². The molecule has 3 N–H and O–H groups in total. The first kappa shape index (κ1) is 30.0. The number of hydrogen-bond acceptors (Lipinski definition) is 9. The van der Waals surface area contributed by atoms with Crippen LogP contribution in [-0.2, 0) is 4.79 Å². The van der Waals surface area contributed by atoms with Crippen LogP contribution < -0.4 is 9.47 Å². The minimum atomic E-state index is -1.44. The van der Waals surface area contributed by atoms with E-state index in [-0.39, 0.29) is 18.0 Å². The van der Waals surface area contributed by atoms with Crippen LogP contribution in [0.4, 0.5) is 0 Å². The summed E-state index contributed by atoms with van der Waals surface area (Å²) < 4.78 is 13.0. The molecule has 4 rings (SSSR count). The number of carbonyl (C=O) groups is 1. The molecule has 0 saturated heterocycles. The van der Waals surface area contributed by atoms with Gasteiger partial charge in [0, 0.05) is 12.2 Å². The van der Waals surface area contributed by atoms with Crippen LogP contribution in [-0.4, -0.2) is 57.6 Å². The molecule has 2 atom stereocenters. The summed E-state index contributed by atoms with van der Waals surface area (Å²) in [5.74, 6) is 1.32. The van der Waals surface area contributed by atoms with Crippen molar-refractivity contribution in [2.24, 2.45) is 0 Å². The van der Waals surface area contributed by atoms with Gasteiger partial charge in [0.25, 0.3) is 0 Å². The Balaban J connectivity index is 1.48. The number of nitrogens with zero attached hydrogens (tertiary/aromatic N) is 1. The van der Waals surface area contributed by atoms with Crippen LogP contribution in [0, 0.1) is 0 Å². The highest BCUT2D eigenvalue weighted by Crippen LogP contribution is 2.44. The summed E-state index contributed by atoms with van der Waals surface area (Å²) in [4.78, 5) is 18.6. The van der Waals surface area contributed by atoms with E-state index in [1.165, 1.54) is 23.1 Å². The highest BCUT2D eigenvalue weighted by molar-refractivity contribution is 8.05. The van der Waals surface area contributed by atoms with Gasteiger partial charge < -0.3 is 24.8 Å². The lowest BCUT2D eigenvalue weighted by atomic mass is 9.90.